The van der Waals surface area contributed by atoms with E-state index in [1.165, 1.54) is 12.3 Å². The lowest BCUT2D eigenvalue weighted by molar-refractivity contribution is -0.137. The zero-order chi connectivity index (χ0) is 29.9. The minimum Gasteiger partial charge on any atom is -0.344 e. The number of nitrogens with two attached hydrogens (primary N) is 1. The van der Waals surface area contributed by atoms with Crippen LogP contribution < -0.4 is 21.9 Å². The minimum absolute atomic E-state index is 0.00193. The second-order valence-electron chi connectivity index (χ2n) is 10.7. The molecule has 6 N–H and O–H groups in total. The fraction of sp³-hybridized carbons (Fsp3) is 0.333. The zero-order valence-corrected chi connectivity index (χ0v) is 22.6. The summed E-state index contributed by atoms with van der Waals surface area (Å²) in [5.74, 6) is -0.535. The van der Waals surface area contributed by atoms with Gasteiger partial charge in [-0.25, -0.2) is 0 Å². The molecule has 1 saturated carbocycles. The number of anilines is 1. The second-order valence-corrected chi connectivity index (χ2v) is 10.7. The van der Waals surface area contributed by atoms with Gasteiger partial charge < -0.3 is 16.4 Å². The Bertz CT molecular complexity index is 1620. The van der Waals surface area contributed by atoms with Crippen LogP contribution in [0.3, 0.4) is 0 Å². The standard InChI is InChI=1S/C30H31F3N6O3/c31-30(32,33)24-16-35-12-11-22(24)19-5-1-17(2-6-19)13-26(37-27(40)20-7-3-18(15-34)4-8-20)29(42)36-21-9-10-23-25(14-21)38-39-28(23)41/h1-2,5-6,9-12,14,16,18,20,26H,3-4,7-8,13,15,34H2,(H,36,42)(H,37,40)(H2,38,39,41)/t18?,20?,26-/m0/s1. The molecule has 0 radical (unpaired) electrons. The maximum atomic E-state index is 13.5. The van der Waals surface area contributed by atoms with Crippen molar-refractivity contribution in [2.75, 3.05) is 11.9 Å². The first kappa shape index (κ1) is 29.1. The average Bonchev–Trinajstić information content (AvgIpc) is 3.36. The quantitative estimate of drug-likeness (QED) is 0.210. The molecule has 0 saturated heterocycles. The highest BCUT2D eigenvalue weighted by atomic mass is 19.4. The summed E-state index contributed by atoms with van der Waals surface area (Å²) in [5.41, 5.74) is 6.60. The minimum atomic E-state index is -4.56. The van der Waals surface area contributed by atoms with E-state index in [1.807, 2.05) is 0 Å². The molecule has 0 spiro atoms. The van der Waals surface area contributed by atoms with E-state index in [-0.39, 0.29) is 29.4 Å². The number of aromatic amines is 2. The van der Waals surface area contributed by atoms with E-state index in [4.69, 9.17) is 5.73 Å². The molecule has 1 aliphatic rings. The molecule has 1 atom stereocenters. The Balaban J connectivity index is 1.36. The lowest BCUT2D eigenvalue weighted by Crippen LogP contribution is -2.48. The van der Waals surface area contributed by atoms with Crippen molar-refractivity contribution in [3.05, 3.63) is 82.4 Å². The van der Waals surface area contributed by atoms with Crippen molar-refractivity contribution in [3.63, 3.8) is 0 Å². The number of nitrogens with zero attached hydrogens (tertiary/aromatic N) is 1. The van der Waals surface area contributed by atoms with Crippen molar-refractivity contribution in [3.8, 4) is 11.1 Å². The molecule has 9 nitrogen and oxygen atoms in total. The van der Waals surface area contributed by atoms with Gasteiger partial charge in [-0.2, -0.15) is 13.2 Å². The number of carbonyl (C=O) groups excluding carboxylic acids is 2. The Kier molecular flexibility index (Phi) is 8.44. The van der Waals surface area contributed by atoms with Gasteiger partial charge in [-0.3, -0.25) is 29.6 Å². The molecule has 1 fully saturated rings. The zero-order valence-electron chi connectivity index (χ0n) is 22.6. The van der Waals surface area contributed by atoms with Gasteiger partial charge in [-0.1, -0.05) is 24.3 Å². The third-order valence-electron chi connectivity index (χ3n) is 7.86. The number of H-pyrrole nitrogens is 2. The van der Waals surface area contributed by atoms with Crippen LogP contribution in [-0.4, -0.2) is 39.6 Å². The van der Waals surface area contributed by atoms with Gasteiger partial charge in [-0.05, 0) is 79.1 Å². The number of hydrogen-bond donors (Lipinski definition) is 5. The number of hydrogen-bond acceptors (Lipinski definition) is 5. The predicted octanol–water partition coefficient (Wildman–Crippen LogP) is 4.37. The largest absolute Gasteiger partial charge is 0.418 e. The van der Waals surface area contributed by atoms with Crippen LogP contribution in [0.25, 0.3) is 22.0 Å². The summed E-state index contributed by atoms with van der Waals surface area (Å²) in [4.78, 5) is 42.1. The van der Waals surface area contributed by atoms with Crippen molar-refractivity contribution in [1.82, 2.24) is 20.5 Å². The van der Waals surface area contributed by atoms with Crippen LogP contribution in [0.15, 0.2) is 65.7 Å². The van der Waals surface area contributed by atoms with E-state index in [9.17, 15) is 27.6 Å². The number of aromatic nitrogens is 3. The number of carbonyl (C=O) groups is 2. The summed E-state index contributed by atoms with van der Waals surface area (Å²) >= 11 is 0. The number of alkyl halides is 3. The summed E-state index contributed by atoms with van der Waals surface area (Å²) in [7, 11) is 0. The van der Waals surface area contributed by atoms with Crippen LogP contribution in [0.2, 0.25) is 0 Å². The van der Waals surface area contributed by atoms with E-state index in [0.717, 1.165) is 19.0 Å². The molecule has 0 unspecified atom stereocenters. The fourth-order valence-electron chi connectivity index (χ4n) is 5.43. The second kappa shape index (κ2) is 12.2. The molecule has 42 heavy (non-hydrogen) atoms. The van der Waals surface area contributed by atoms with Gasteiger partial charge in [0.15, 0.2) is 0 Å². The first-order chi connectivity index (χ1) is 20.1. The number of benzene rings is 2. The van der Waals surface area contributed by atoms with E-state index >= 15 is 0 Å². The molecule has 2 heterocycles. The topological polar surface area (TPSA) is 146 Å². The SMILES string of the molecule is NCC1CCC(C(=O)N[C@@H](Cc2ccc(-c3ccncc3C(F)(F)F)cc2)C(=O)Nc2ccc3c(=O)[nH][nH]c3c2)CC1. The van der Waals surface area contributed by atoms with E-state index in [0.29, 0.717) is 53.0 Å². The van der Waals surface area contributed by atoms with Gasteiger partial charge in [0.1, 0.15) is 6.04 Å². The first-order valence-electron chi connectivity index (χ1n) is 13.7. The summed E-state index contributed by atoms with van der Waals surface area (Å²) in [5, 5.41) is 11.4. The number of pyridine rings is 1. The lowest BCUT2D eigenvalue weighted by Gasteiger charge is -2.28. The molecule has 1 aliphatic carbocycles. The van der Waals surface area contributed by atoms with Gasteiger partial charge >= 0.3 is 6.18 Å². The highest BCUT2D eigenvalue weighted by Crippen LogP contribution is 2.36. The number of halogens is 3. The Morgan fingerprint density at radius 1 is 1.02 bits per heavy atom. The third kappa shape index (κ3) is 6.54. The molecule has 2 aromatic heterocycles. The molecule has 4 aromatic rings. The number of amides is 2. The number of nitrogens with one attached hydrogen (secondary N) is 4. The molecule has 0 aliphatic heterocycles. The fourth-order valence-corrected chi connectivity index (χ4v) is 5.43. The smallest absolute Gasteiger partial charge is 0.344 e. The van der Waals surface area contributed by atoms with Crippen molar-refractivity contribution >= 4 is 28.4 Å². The molecule has 5 rings (SSSR count). The molecule has 12 heteroatoms. The number of rotatable bonds is 8. The van der Waals surface area contributed by atoms with Crippen LogP contribution in [0.1, 0.15) is 36.8 Å². The Morgan fingerprint density at radius 2 is 1.76 bits per heavy atom. The molecule has 0 bridgehead atoms. The summed E-state index contributed by atoms with van der Waals surface area (Å²) in [6.07, 6.45) is 0.699. The van der Waals surface area contributed by atoms with Gasteiger partial charge in [0, 0.05) is 30.4 Å². The van der Waals surface area contributed by atoms with Gasteiger partial charge in [-0.15, -0.1) is 0 Å². The normalized spacial score (nSPS) is 18.0. The van der Waals surface area contributed by atoms with E-state index < -0.39 is 23.7 Å². The van der Waals surface area contributed by atoms with Crippen LogP contribution in [0, 0.1) is 11.8 Å². The van der Waals surface area contributed by atoms with Crippen LogP contribution in [-0.2, 0) is 22.2 Å². The van der Waals surface area contributed by atoms with Gasteiger partial charge in [0.2, 0.25) is 11.8 Å². The molecule has 2 amide bonds. The Labute approximate surface area is 239 Å². The van der Waals surface area contributed by atoms with Crippen molar-refractivity contribution in [2.24, 2.45) is 17.6 Å². The van der Waals surface area contributed by atoms with Crippen molar-refractivity contribution in [1.29, 1.82) is 0 Å². The lowest BCUT2D eigenvalue weighted by atomic mass is 9.81. The van der Waals surface area contributed by atoms with Crippen LogP contribution in [0.5, 0.6) is 0 Å². The summed E-state index contributed by atoms with van der Waals surface area (Å²) in [6, 6.07) is 11.5. The maximum absolute atomic E-state index is 13.5. The van der Waals surface area contributed by atoms with Crippen LogP contribution in [0.4, 0.5) is 18.9 Å². The van der Waals surface area contributed by atoms with E-state index in [2.05, 4.69) is 25.8 Å². The van der Waals surface area contributed by atoms with Gasteiger partial charge in [0.25, 0.3) is 5.56 Å². The summed E-state index contributed by atoms with van der Waals surface area (Å²) < 4.78 is 40.5. The highest BCUT2D eigenvalue weighted by Gasteiger charge is 2.34. The molecule has 2 aromatic carbocycles. The highest BCUT2D eigenvalue weighted by molar-refractivity contribution is 5.99. The van der Waals surface area contributed by atoms with E-state index in [1.54, 1.807) is 42.5 Å². The molecular formula is C30H31F3N6O3. The number of fused-ring (bicyclic) bond motifs is 1. The predicted molar refractivity (Wildman–Crippen MR) is 152 cm³/mol. The Morgan fingerprint density at radius 3 is 2.45 bits per heavy atom. The first-order valence-corrected chi connectivity index (χ1v) is 13.7. The third-order valence-corrected chi connectivity index (χ3v) is 7.86. The van der Waals surface area contributed by atoms with Crippen molar-refractivity contribution in [2.45, 2.75) is 44.3 Å². The van der Waals surface area contributed by atoms with Gasteiger partial charge in [0.05, 0.1) is 16.5 Å². The maximum Gasteiger partial charge on any atom is 0.418 e. The average molecular weight is 581 g/mol. The van der Waals surface area contributed by atoms with Crippen LogP contribution >= 0.6 is 0 Å². The molecular weight excluding hydrogens is 549 g/mol. The van der Waals surface area contributed by atoms with Crippen molar-refractivity contribution < 1.29 is 22.8 Å². The monoisotopic (exact) mass is 580 g/mol. The summed E-state index contributed by atoms with van der Waals surface area (Å²) in [6.45, 7) is 0.579. The Hall–Kier alpha value is -4.45. The molecule has 220 valence electrons.